The van der Waals surface area contributed by atoms with Gasteiger partial charge in [-0.2, -0.15) is 0 Å². The molecule has 0 heterocycles. The molecule has 1 saturated carbocycles. The van der Waals surface area contributed by atoms with Gasteiger partial charge in [0.2, 0.25) is 11.8 Å². The van der Waals surface area contributed by atoms with Crippen LogP contribution in [-0.4, -0.2) is 45.2 Å². The number of nitrogens with one attached hydrogen (secondary N) is 2. The molecule has 1 aliphatic carbocycles. The fourth-order valence-corrected chi connectivity index (χ4v) is 2.39. The molecule has 8 heteroatoms. The summed E-state index contributed by atoms with van der Waals surface area (Å²) in [6.07, 6.45) is 0.928. The fraction of sp³-hybridized carbons (Fsp3) is 0.438. The van der Waals surface area contributed by atoms with E-state index < -0.39 is 17.3 Å². The molecule has 1 aliphatic rings. The van der Waals surface area contributed by atoms with Crippen LogP contribution in [0.1, 0.15) is 23.2 Å². The van der Waals surface area contributed by atoms with Crippen LogP contribution in [0.3, 0.4) is 0 Å². The van der Waals surface area contributed by atoms with Crippen LogP contribution >= 0.6 is 11.6 Å². The number of amides is 2. The van der Waals surface area contributed by atoms with Crippen LogP contribution in [0.25, 0.3) is 0 Å². The van der Waals surface area contributed by atoms with Crippen LogP contribution in [0.5, 0.6) is 0 Å². The Hall–Kier alpha value is -2.12. The molecule has 2 N–H and O–H groups in total. The lowest BCUT2D eigenvalue weighted by atomic mass is 10.0. The summed E-state index contributed by atoms with van der Waals surface area (Å²) in [5, 5.41) is 5.58. The zero-order chi connectivity index (χ0) is 17.7. The van der Waals surface area contributed by atoms with Gasteiger partial charge in [-0.25, -0.2) is 4.79 Å². The van der Waals surface area contributed by atoms with E-state index in [1.165, 1.54) is 32.4 Å². The van der Waals surface area contributed by atoms with Crippen LogP contribution in [-0.2, 0) is 19.1 Å². The predicted octanol–water partition coefficient (Wildman–Crippen LogP) is 1.61. The van der Waals surface area contributed by atoms with Crippen molar-refractivity contribution >= 4 is 35.1 Å². The molecule has 1 aromatic carbocycles. The number of benzene rings is 1. The summed E-state index contributed by atoms with van der Waals surface area (Å²) in [5.41, 5.74) is -0.564. The molecule has 0 unspecified atom stereocenters. The molecule has 0 saturated heterocycles. The van der Waals surface area contributed by atoms with Gasteiger partial charge in [0.15, 0.2) is 0 Å². The molecule has 130 valence electrons. The topological polar surface area (TPSA) is 93.7 Å². The van der Waals surface area contributed by atoms with Gasteiger partial charge in [-0.15, -0.1) is 0 Å². The minimum atomic E-state index is -1.08. The van der Waals surface area contributed by atoms with Crippen molar-refractivity contribution in [3.8, 4) is 0 Å². The van der Waals surface area contributed by atoms with Gasteiger partial charge in [0, 0.05) is 13.7 Å². The molecule has 2 amide bonds. The fourth-order valence-electron chi connectivity index (χ4n) is 2.23. The van der Waals surface area contributed by atoms with E-state index >= 15 is 0 Å². The average molecular weight is 355 g/mol. The normalized spacial score (nSPS) is 14.6. The van der Waals surface area contributed by atoms with Crippen LogP contribution in [0.15, 0.2) is 18.2 Å². The Labute approximate surface area is 144 Å². The number of methoxy groups -OCH3 is 2. The summed E-state index contributed by atoms with van der Waals surface area (Å²) in [6, 6.07) is 4.40. The summed E-state index contributed by atoms with van der Waals surface area (Å²) < 4.78 is 9.51. The van der Waals surface area contributed by atoms with Crippen LogP contribution in [0.4, 0.5) is 5.69 Å². The highest BCUT2D eigenvalue weighted by molar-refractivity contribution is 6.34. The number of ether oxygens (including phenoxy) is 2. The molecule has 0 bridgehead atoms. The summed E-state index contributed by atoms with van der Waals surface area (Å²) in [7, 11) is 2.79. The Balaban J connectivity index is 2.09. The van der Waals surface area contributed by atoms with Gasteiger partial charge in [0.25, 0.3) is 0 Å². The molecule has 0 radical (unpaired) electrons. The first-order chi connectivity index (χ1) is 11.4. The minimum Gasteiger partial charge on any atom is -0.465 e. The number of carbonyl (C=O) groups excluding carboxylic acids is 3. The van der Waals surface area contributed by atoms with Crippen molar-refractivity contribution in [2.45, 2.75) is 12.8 Å². The summed E-state index contributed by atoms with van der Waals surface area (Å²) in [4.78, 5) is 36.3. The van der Waals surface area contributed by atoms with Gasteiger partial charge in [0.05, 0.1) is 30.0 Å². The maximum atomic E-state index is 12.5. The average Bonchev–Trinajstić information content (AvgIpc) is 3.38. The van der Waals surface area contributed by atoms with Crippen molar-refractivity contribution in [3.63, 3.8) is 0 Å². The van der Waals surface area contributed by atoms with E-state index in [2.05, 4.69) is 15.4 Å². The Morgan fingerprint density at radius 3 is 2.50 bits per heavy atom. The number of carbonyl (C=O) groups is 3. The highest BCUT2D eigenvalue weighted by Gasteiger charge is 2.56. The molecule has 1 aromatic rings. The lowest BCUT2D eigenvalue weighted by molar-refractivity contribution is -0.134. The minimum absolute atomic E-state index is 0.256. The van der Waals surface area contributed by atoms with Crippen molar-refractivity contribution < 1.29 is 23.9 Å². The molecular weight excluding hydrogens is 336 g/mol. The Kier molecular flexibility index (Phi) is 5.80. The van der Waals surface area contributed by atoms with Gasteiger partial charge >= 0.3 is 5.97 Å². The largest absolute Gasteiger partial charge is 0.465 e. The van der Waals surface area contributed by atoms with Crippen molar-refractivity contribution in [3.05, 3.63) is 28.8 Å². The second-order valence-electron chi connectivity index (χ2n) is 5.47. The molecule has 2 rings (SSSR count). The van der Waals surface area contributed by atoms with Gasteiger partial charge in [-0.3, -0.25) is 9.59 Å². The summed E-state index contributed by atoms with van der Waals surface area (Å²) in [6.45, 7) is 0.708. The molecule has 0 atom stereocenters. The van der Waals surface area contributed by atoms with Gasteiger partial charge in [0.1, 0.15) is 5.41 Å². The highest BCUT2D eigenvalue weighted by atomic mass is 35.5. The Morgan fingerprint density at radius 2 is 1.92 bits per heavy atom. The van der Waals surface area contributed by atoms with Crippen molar-refractivity contribution in [2.75, 3.05) is 32.7 Å². The third-order valence-corrected chi connectivity index (χ3v) is 4.18. The van der Waals surface area contributed by atoms with E-state index in [-0.39, 0.29) is 22.2 Å². The van der Waals surface area contributed by atoms with Crippen LogP contribution in [0.2, 0.25) is 5.02 Å². The smallest absolute Gasteiger partial charge is 0.337 e. The van der Waals surface area contributed by atoms with Crippen molar-refractivity contribution in [1.82, 2.24) is 5.32 Å². The maximum absolute atomic E-state index is 12.5. The molecule has 24 heavy (non-hydrogen) atoms. The number of esters is 1. The standard InChI is InChI=1S/C16H19ClN2O5/c1-23-8-7-18-14(21)16(5-6-16)15(22)19-12-9-10(13(20)24-2)3-4-11(12)17/h3-4,9H,5-8H2,1-2H3,(H,18,21)(H,19,22). The molecule has 0 aliphatic heterocycles. The van der Waals surface area contributed by atoms with Crippen molar-refractivity contribution in [1.29, 1.82) is 0 Å². The van der Waals surface area contributed by atoms with E-state index in [1.807, 2.05) is 0 Å². The first kappa shape index (κ1) is 18.2. The SMILES string of the molecule is COCCNC(=O)C1(C(=O)Nc2cc(C(=O)OC)ccc2Cl)CC1. The summed E-state index contributed by atoms with van der Waals surface area (Å²) in [5.74, 6) is -1.32. The predicted molar refractivity (Wildman–Crippen MR) is 88.0 cm³/mol. The van der Waals surface area contributed by atoms with E-state index in [4.69, 9.17) is 16.3 Å². The molecule has 0 aromatic heterocycles. The van der Waals surface area contributed by atoms with Crippen molar-refractivity contribution in [2.24, 2.45) is 5.41 Å². The number of halogens is 1. The Bertz CT molecular complexity index is 658. The van der Waals surface area contributed by atoms with E-state index in [1.54, 1.807) is 0 Å². The Morgan fingerprint density at radius 1 is 1.21 bits per heavy atom. The molecule has 0 spiro atoms. The summed E-state index contributed by atoms with van der Waals surface area (Å²) >= 11 is 6.06. The second-order valence-corrected chi connectivity index (χ2v) is 5.88. The number of hydrogen-bond acceptors (Lipinski definition) is 5. The number of anilines is 1. The molecular formula is C16H19ClN2O5. The molecule has 7 nitrogen and oxygen atoms in total. The van der Waals surface area contributed by atoms with Gasteiger partial charge < -0.3 is 20.1 Å². The maximum Gasteiger partial charge on any atom is 0.337 e. The quantitative estimate of drug-likeness (QED) is 0.441. The van der Waals surface area contributed by atoms with Crippen LogP contribution < -0.4 is 10.6 Å². The first-order valence-electron chi connectivity index (χ1n) is 7.41. The third kappa shape index (κ3) is 3.85. The van der Waals surface area contributed by atoms with Gasteiger partial charge in [-0.1, -0.05) is 11.6 Å². The first-order valence-corrected chi connectivity index (χ1v) is 7.79. The second kappa shape index (κ2) is 7.63. The van der Waals surface area contributed by atoms with E-state index in [0.717, 1.165) is 0 Å². The van der Waals surface area contributed by atoms with Crippen LogP contribution in [0, 0.1) is 5.41 Å². The highest BCUT2D eigenvalue weighted by Crippen LogP contribution is 2.47. The lowest BCUT2D eigenvalue weighted by Gasteiger charge is -2.16. The zero-order valence-electron chi connectivity index (χ0n) is 13.5. The third-order valence-electron chi connectivity index (χ3n) is 3.85. The lowest BCUT2D eigenvalue weighted by Crippen LogP contribution is -2.41. The van der Waals surface area contributed by atoms with Gasteiger partial charge in [-0.05, 0) is 31.0 Å². The molecule has 1 fully saturated rings. The zero-order valence-corrected chi connectivity index (χ0v) is 14.2. The van der Waals surface area contributed by atoms with E-state index in [9.17, 15) is 14.4 Å². The van der Waals surface area contributed by atoms with E-state index in [0.29, 0.717) is 26.0 Å². The number of hydrogen-bond donors (Lipinski definition) is 2. The monoisotopic (exact) mass is 354 g/mol. The number of rotatable bonds is 7.